The maximum absolute atomic E-state index is 12.5. The SMILES string of the molecule is COc1ccc(NC(=O)CSc2nc3ccccc3n2CCC(C)C)cc1OC. The van der Waals surface area contributed by atoms with Crippen LogP contribution < -0.4 is 14.8 Å². The number of carbonyl (C=O) groups is 1. The number of fused-ring (bicyclic) bond motifs is 1. The summed E-state index contributed by atoms with van der Waals surface area (Å²) in [6.07, 6.45) is 1.06. The number of aromatic nitrogens is 2. The number of aryl methyl sites for hydroxylation is 1. The van der Waals surface area contributed by atoms with E-state index in [0.717, 1.165) is 29.2 Å². The van der Waals surface area contributed by atoms with Crippen LogP contribution >= 0.6 is 11.8 Å². The highest BCUT2D eigenvalue weighted by Gasteiger charge is 2.14. The second-order valence-electron chi connectivity index (χ2n) is 7.12. The molecule has 0 saturated carbocycles. The minimum Gasteiger partial charge on any atom is -0.493 e. The molecule has 29 heavy (non-hydrogen) atoms. The zero-order chi connectivity index (χ0) is 20.8. The van der Waals surface area contributed by atoms with Crippen molar-refractivity contribution in [2.45, 2.75) is 32.0 Å². The van der Waals surface area contributed by atoms with E-state index in [1.807, 2.05) is 18.2 Å². The Morgan fingerprint density at radius 1 is 1.14 bits per heavy atom. The van der Waals surface area contributed by atoms with Crippen LogP contribution in [0.2, 0.25) is 0 Å². The van der Waals surface area contributed by atoms with E-state index in [9.17, 15) is 4.79 Å². The van der Waals surface area contributed by atoms with E-state index in [1.54, 1.807) is 32.4 Å². The lowest BCUT2D eigenvalue weighted by molar-refractivity contribution is -0.113. The van der Waals surface area contributed by atoms with Crippen molar-refractivity contribution in [3.63, 3.8) is 0 Å². The van der Waals surface area contributed by atoms with Gasteiger partial charge in [-0.05, 0) is 36.6 Å². The Bertz CT molecular complexity index is 985. The largest absolute Gasteiger partial charge is 0.493 e. The van der Waals surface area contributed by atoms with Crippen molar-refractivity contribution in [1.82, 2.24) is 9.55 Å². The van der Waals surface area contributed by atoms with E-state index in [1.165, 1.54) is 11.8 Å². The third-order valence-electron chi connectivity index (χ3n) is 4.55. The monoisotopic (exact) mass is 413 g/mol. The molecule has 0 aliphatic carbocycles. The molecule has 0 bridgehead atoms. The Morgan fingerprint density at radius 2 is 1.90 bits per heavy atom. The number of methoxy groups -OCH3 is 2. The van der Waals surface area contributed by atoms with E-state index >= 15 is 0 Å². The lowest BCUT2D eigenvalue weighted by Crippen LogP contribution is -2.15. The quantitative estimate of drug-likeness (QED) is 0.509. The molecule has 1 heterocycles. The van der Waals surface area contributed by atoms with Gasteiger partial charge < -0.3 is 19.4 Å². The fraction of sp³-hybridized carbons (Fsp3) is 0.364. The third-order valence-corrected chi connectivity index (χ3v) is 5.53. The number of amides is 1. The Labute approximate surface area is 175 Å². The number of carbonyl (C=O) groups excluding carboxylic acids is 1. The van der Waals surface area contributed by atoms with Gasteiger partial charge >= 0.3 is 0 Å². The minimum atomic E-state index is -0.0929. The van der Waals surface area contributed by atoms with Crippen LogP contribution in [0.4, 0.5) is 5.69 Å². The van der Waals surface area contributed by atoms with Gasteiger partial charge in [0.25, 0.3) is 0 Å². The topological polar surface area (TPSA) is 65.4 Å². The van der Waals surface area contributed by atoms with Crippen LogP contribution in [0.15, 0.2) is 47.6 Å². The number of anilines is 1. The molecule has 1 N–H and O–H groups in total. The van der Waals surface area contributed by atoms with Gasteiger partial charge in [0, 0.05) is 18.3 Å². The Morgan fingerprint density at radius 3 is 2.62 bits per heavy atom. The molecule has 0 aliphatic rings. The summed E-state index contributed by atoms with van der Waals surface area (Å²) in [6.45, 7) is 5.31. The summed E-state index contributed by atoms with van der Waals surface area (Å²) in [7, 11) is 3.15. The number of hydrogen-bond acceptors (Lipinski definition) is 5. The van der Waals surface area contributed by atoms with Gasteiger partial charge in [-0.2, -0.15) is 0 Å². The number of nitrogens with one attached hydrogen (secondary N) is 1. The third kappa shape index (κ3) is 5.23. The molecule has 0 unspecified atom stereocenters. The average molecular weight is 414 g/mol. The van der Waals surface area contributed by atoms with Gasteiger partial charge in [-0.3, -0.25) is 4.79 Å². The summed E-state index contributed by atoms with van der Waals surface area (Å²) in [5.74, 6) is 1.98. The first-order valence-corrected chi connectivity index (χ1v) is 10.6. The van der Waals surface area contributed by atoms with Crippen LogP contribution in [0.5, 0.6) is 11.5 Å². The number of para-hydroxylation sites is 2. The summed E-state index contributed by atoms with van der Waals surface area (Å²) < 4.78 is 12.7. The molecule has 0 spiro atoms. The van der Waals surface area contributed by atoms with Crippen LogP contribution in [0.25, 0.3) is 11.0 Å². The second kappa shape index (κ2) is 9.69. The first kappa shape index (κ1) is 21.0. The summed E-state index contributed by atoms with van der Waals surface area (Å²) in [5.41, 5.74) is 2.73. The van der Waals surface area contributed by atoms with E-state index in [2.05, 4.69) is 29.8 Å². The lowest BCUT2D eigenvalue weighted by atomic mass is 10.1. The molecule has 7 heteroatoms. The van der Waals surface area contributed by atoms with E-state index in [0.29, 0.717) is 23.1 Å². The smallest absolute Gasteiger partial charge is 0.234 e. The van der Waals surface area contributed by atoms with Crippen LogP contribution in [0, 0.1) is 5.92 Å². The Hall–Kier alpha value is -2.67. The molecule has 3 aromatic rings. The van der Waals surface area contributed by atoms with Crippen molar-refractivity contribution in [3.8, 4) is 11.5 Å². The molecule has 3 rings (SSSR count). The maximum atomic E-state index is 12.5. The fourth-order valence-corrected chi connectivity index (χ4v) is 3.85. The van der Waals surface area contributed by atoms with E-state index in [4.69, 9.17) is 14.5 Å². The van der Waals surface area contributed by atoms with Gasteiger partial charge in [0.15, 0.2) is 16.7 Å². The number of imidazole rings is 1. The van der Waals surface area contributed by atoms with Gasteiger partial charge in [0.2, 0.25) is 5.91 Å². The highest BCUT2D eigenvalue weighted by Crippen LogP contribution is 2.30. The predicted octanol–water partition coefficient (Wildman–Crippen LogP) is 4.83. The molecular formula is C22H27N3O3S. The molecule has 154 valence electrons. The summed E-state index contributed by atoms with van der Waals surface area (Å²) in [5, 5.41) is 3.78. The van der Waals surface area contributed by atoms with Crippen LogP contribution in [-0.2, 0) is 11.3 Å². The van der Waals surface area contributed by atoms with Crippen LogP contribution in [0.3, 0.4) is 0 Å². The number of ether oxygens (including phenoxy) is 2. The number of nitrogens with zero attached hydrogens (tertiary/aromatic N) is 2. The highest BCUT2D eigenvalue weighted by atomic mass is 32.2. The first-order valence-electron chi connectivity index (χ1n) is 9.61. The van der Waals surface area contributed by atoms with Crippen molar-refractivity contribution in [2.24, 2.45) is 5.92 Å². The summed E-state index contributed by atoms with van der Waals surface area (Å²) >= 11 is 1.45. The number of thioether (sulfide) groups is 1. The number of benzene rings is 2. The second-order valence-corrected chi connectivity index (χ2v) is 8.07. The Kier molecular flexibility index (Phi) is 7.04. The van der Waals surface area contributed by atoms with Gasteiger partial charge in [0.1, 0.15) is 0 Å². The molecule has 0 fully saturated rings. The van der Waals surface area contributed by atoms with Gasteiger partial charge in [-0.1, -0.05) is 37.7 Å². The molecule has 0 aliphatic heterocycles. The zero-order valence-electron chi connectivity index (χ0n) is 17.3. The van der Waals surface area contributed by atoms with Gasteiger partial charge in [0.05, 0.1) is 31.0 Å². The Balaban J connectivity index is 1.70. The minimum absolute atomic E-state index is 0.0929. The summed E-state index contributed by atoms with van der Waals surface area (Å²) in [4.78, 5) is 17.2. The fourth-order valence-electron chi connectivity index (χ4n) is 3.01. The summed E-state index contributed by atoms with van der Waals surface area (Å²) in [6, 6.07) is 13.4. The molecule has 1 amide bonds. The van der Waals surface area contributed by atoms with Crippen molar-refractivity contribution >= 4 is 34.4 Å². The van der Waals surface area contributed by atoms with Crippen LogP contribution in [0.1, 0.15) is 20.3 Å². The molecule has 0 radical (unpaired) electrons. The lowest BCUT2D eigenvalue weighted by Gasteiger charge is -2.12. The number of hydrogen-bond donors (Lipinski definition) is 1. The highest BCUT2D eigenvalue weighted by molar-refractivity contribution is 7.99. The van der Waals surface area contributed by atoms with Gasteiger partial charge in [-0.25, -0.2) is 4.98 Å². The molecule has 0 atom stereocenters. The predicted molar refractivity (Wildman–Crippen MR) is 118 cm³/mol. The average Bonchev–Trinajstić information content (AvgIpc) is 3.08. The van der Waals surface area contributed by atoms with Crippen molar-refractivity contribution < 1.29 is 14.3 Å². The molecule has 6 nitrogen and oxygen atoms in total. The molecular weight excluding hydrogens is 386 g/mol. The van der Waals surface area contributed by atoms with Gasteiger partial charge in [-0.15, -0.1) is 0 Å². The zero-order valence-corrected chi connectivity index (χ0v) is 18.1. The molecule has 0 saturated heterocycles. The molecule has 1 aromatic heterocycles. The standard InChI is InChI=1S/C22H27N3O3S/c1-15(2)11-12-25-18-8-6-5-7-17(18)24-22(25)29-14-21(26)23-16-9-10-19(27-3)20(13-16)28-4/h5-10,13,15H,11-12,14H2,1-4H3,(H,23,26). The number of rotatable bonds is 9. The normalized spacial score (nSPS) is 11.1. The van der Waals surface area contributed by atoms with Crippen molar-refractivity contribution in [3.05, 3.63) is 42.5 Å². The molecule has 2 aromatic carbocycles. The van der Waals surface area contributed by atoms with E-state index < -0.39 is 0 Å². The first-order chi connectivity index (χ1) is 14.0. The maximum Gasteiger partial charge on any atom is 0.234 e. The van der Waals surface area contributed by atoms with Crippen molar-refractivity contribution in [1.29, 1.82) is 0 Å². The van der Waals surface area contributed by atoms with E-state index in [-0.39, 0.29) is 11.7 Å². The van der Waals surface area contributed by atoms with Crippen molar-refractivity contribution in [2.75, 3.05) is 25.3 Å². The van der Waals surface area contributed by atoms with Crippen LogP contribution in [-0.4, -0.2) is 35.4 Å².